The van der Waals surface area contributed by atoms with Gasteiger partial charge in [0.05, 0.1) is 30.2 Å². The molecule has 1 aliphatic heterocycles. The molecule has 1 fully saturated rings. The minimum atomic E-state index is 0.338. The molecule has 2 unspecified atom stereocenters. The van der Waals surface area contributed by atoms with Gasteiger partial charge in [0.15, 0.2) is 0 Å². The fourth-order valence-corrected chi connectivity index (χ4v) is 3.14. The van der Waals surface area contributed by atoms with Crippen LogP contribution in [0.5, 0.6) is 0 Å². The summed E-state index contributed by atoms with van der Waals surface area (Å²) < 4.78 is 8.05. The van der Waals surface area contributed by atoms with Crippen molar-refractivity contribution in [3.63, 3.8) is 0 Å². The zero-order valence-electron chi connectivity index (χ0n) is 12.5. The maximum atomic E-state index is 5.69. The molecule has 0 saturated carbocycles. The summed E-state index contributed by atoms with van der Waals surface area (Å²) in [5.41, 5.74) is 2.30. The highest BCUT2D eigenvalue weighted by molar-refractivity contribution is 5.76. The summed E-state index contributed by atoms with van der Waals surface area (Å²) in [7, 11) is 0. The fraction of sp³-hybridized carbons (Fsp3) is 0.562. The van der Waals surface area contributed by atoms with Crippen LogP contribution in [-0.2, 0) is 4.74 Å². The molecular weight excluding hydrogens is 250 g/mol. The second kappa shape index (κ2) is 5.54. The van der Waals surface area contributed by atoms with E-state index in [1.54, 1.807) is 0 Å². The van der Waals surface area contributed by atoms with E-state index in [-0.39, 0.29) is 0 Å². The van der Waals surface area contributed by atoms with Gasteiger partial charge in [0, 0.05) is 12.1 Å². The van der Waals surface area contributed by atoms with E-state index in [0.717, 1.165) is 31.1 Å². The fourth-order valence-electron chi connectivity index (χ4n) is 3.14. The third-order valence-electron chi connectivity index (χ3n) is 4.02. The first-order valence-electron chi connectivity index (χ1n) is 7.50. The van der Waals surface area contributed by atoms with E-state index in [4.69, 9.17) is 9.72 Å². The number of benzene rings is 1. The average molecular weight is 273 g/mol. The van der Waals surface area contributed by atoms with Crippen LogP contribution in [0.25, 0.3) is 11.0 Å². The number of likely N-dealkylation sites (N-methyl/N-ethyl adjacent to an activating group) is 1. The van der Waals surface area contributed by atoms with Crippen molar-refractivity contribution in [1.82, 2.24) is 14.9 Å². The standard InChI is InChI=1S/C16H23N3O/c1-4-17-14-10-20-9-12(14)16-18-13-7-5-6-8-15(13)19(16)11(2)3/h5-8,11-12,14,17H,4,9-10H2,1-3H3. The first kappa shape index (κ1) is 13.6. The Hall–Kier alpha value is -1.39. The Bertz CT molecular complexity index is 590. The molecule has 1 aliphatic rings. The normalized spacial score (nSPS) is 23.0. The predicted molar refractivity (Wildman–Crippen MR) is 81.1 cm³/mol. The van der Waals surface area contributed by atoms with Crippen LogP contribution in [0.3, 0.4) is 0 Å². The van der Waals surface area contributed by atoms with Crippen LogP contribution in [0, 0.1) is 0 Å². The van der Waals surface area contributed by atoms with E-state index in [2.05, 4.69) is 54.9 Å². The lowest BCUT2D eigenvalue weighted by molar-refractivity contribution is 0.187. The Morgan fingerprint density at radius 1 is 1.35 bits per heavy atom. The second-order valence-corrected chi connectivity index (χ2v) is 5.73. The zero-order chi connectivity index (χ0) is 14.1. The summed E-state index contributed by atoms with van der Waals surface area (Å²) >= 11 is 0. The molecule has 2 atom stereocenters. The lowest BCUT2D eigenvalue weighted by atomic mass is 10.0. The lowest BCUT2D eigenvalue weighted by Crippen LogP contribution is -2.35. The Morgan fingerprint density at radius 3 is 2.90 bits per heavy atom. The number of para-hydroxylation sites is 2. The van der Waals surface area contributed by atoms with Crippen LogP contribution < -0.4 is 5.32 Å². The third-order valence-corrected chi connectivity index (χ3v) is 4.02. The van der Waals surface area contributed by atoms with Gasteiger partial charge in [0.25, 0.3) is 0 Å². The highest BCUT2D eigenvalue weighted by Gasteiger charge is 2.33. The highest BCUT2D eigenvalue weighted by atomic mass is 16.5. The van der Waals surface area contributed by atoms with E-state index >= 15 is 0 Å². The van der Waals surface area contributed by atoms with Gasteiger partial charge in [0.1, 0.15) is 5.82 Å². The molecule has 0 spiro atoms. The first-order valence-corrected chi connectivity index (χ1v) is 7.50. The minimum Gasteiger partial charge on any atom is -0.379 e. The summed E-state index contributed by atoms with van der Waals surface area (Å²) in [4.78, 5) is 4.89. The number of hydrogen-bond acceptors (Lipinski definition) is 3. The van der Waals surface area contributed by atoms with Gasteiger partial charge in [0.2, 0.25) is 0 Å². The van der Waals surface area contributed by atoms with Gasteiger partial charge in [-0.05, 0) is 32.5 Å². The number of aromatic nitrogens is 2. The largest absolute Gasteiger partial charge is 0.379 e. The average Bonchev–Trinajstić information content (AvgIpc) is 3.01. The highest BCUT2D eigenvalue weighted by Crippen LogP contribution is 2.30. The number of nitrogens with one attached hydrogen (secondary N) is 1. The Kier molecular flexibility index (Phi) is 3.76. The topological polar surface area (TPSA) is 39.1 Å². The number of hydrogen-bond donors (Lipinski definition) is 1. The van der Waals surface area contributed by atoms with Gasteiger partial charge >= 0.3 is 0 Å². The smallest absolute Gasteiger partial charge is 0.117 e. The van der Waals surface area contributed by atoms with E-state index in [1.165, 1.54) is 5.52 Å². The van der Waals surface area contributed by atoms with Crippen molar-refractivity contribution in [3.05, 3.63) is 30.1 Å². The van der Waals surface area contributed by atoms with Crippen molar-refractivity contribution in [1.29, 1.82) is 0 Å². The van der Waals surface area contributed by atoms with Gasteiger partial charge in [-0.25, -0.2) is 4.98 Å². The van der Waals surface area contributed by atoms with Gasteiger partial charge < -0.3 is 14.6 Å². The Labute approximate surface area is 120 Å². The molecule has 0 aliphatic carbocycles. The summed E-state index contributed by atoms with van der Waals surface area (Å²) in [6.45, 7) is 9.08. The predicted octanol–water partition coefficient (Wildman–Crippen LogP) is 2.71. The molecule has 2 aromatic rings. The maximum absolute atomic E-state index is 5.69. The molecule has 108 valence electrons. The molecule has 1 aromatic carbocycles. The Morgan fingerprint density at radius 2 is 2.15 bits per heavy atom. The molecule has 1 aromatic heterocycles. The van der Waals surface area contributed by atoms with Crippen molar-refractivity contribution < 1.29 is 4.74 Å². The molecule has 0 radical (unpaired) electrons. The van der Waals surface area contributed by atoms with Gasteiger partial charge in [-0.2, -0.15) is 0 Å². The maximum Gasteiger partial charge on any atom is 0.117 e. The van der Waals surface area contributed by atoms with Gasteiger partial charge in [-0.3, -0.25) is 0 Å². The van der Waals surface area contributed by atoms with Crippen molar-refractivity contribution in [3.8, 4) is 0 Å². The van der Waals surface area contributed by atoms with E-state index < -0.39 is 0 Å². The Balaban J connectivity index is 2.08. The second-order valence-electron chi connectivity index (χ2n) is 5.73. The molecule has 3 rings (SSSR count). The number of imidazole rings is 1. The molecule has 0 amide bonds. The molecule has 4 nitrogen and oxygen atoms in total. The number of ether oxygens (including phenoxy) is 1. The van der Waals surface area contributed by atoms with E-state index in [0.29, 0.717) is 18.0 Å². The van der Waals surface area contributed by atoms with E-state index in [1.807, 2.05) is 0 Å². The molecule has 4 heteroatoms. The SMILES string of the molecule is CCNC1COCC1c1nc2ccccc2n1C(C)C. The number of rotatable bonds is 4. The van der Waals surface area contributed by atoms with Crippen LogP contribution in [0.15, 0.2) is 24.3 Å². The monoisotopic (exact) mass is 273 g/mol. The first-order chi connectivity index (χ1) is 9.72. The molecule has 2 heterocycles. The molecule has 20 heavy (non-hydrogen) atoms. The van der Waals surface area contributed by atoms with Crippen LogP contribution in [0.1, 0.15) is 38.6 Å². The van der Waals surface area contributed by atoms with Crippen LogP contribution in [0.4, 0.5) is 0 Å². The van der Waals surface area contributed by atoms with Crippen molar-refractivity contribution in [2.75, 3.05) is 19.8 Å². The van der Waals surface area contributed by atoms with Crippen molar-refractivity contribution in [2.24, 2.45) is 0 Å². The number of fused-ring (bicyclic) bond motifs is 1. The van der Waals surface area contributed by atoms with Gasteiger partial charge in [-0.1, -0.05) is 19.1 Å². The van der Waals surface area contributed by atoms with Crippen molar-refractivity contribution in [2.45, 2.75) is 38.8 Å². The lowest BCUT2D eigenvalue weighted by Gasteiger charge is -2.21. The quantitative estimate of drug-likeness (QED) is 0.931. The number of nitrogens with zero attached hydrogens (tertiary/aromatic N) is 2. The zero-order valence-corrected chi connectivity index (χ0v) is 12.5. The van der Waals surface area contributed by atoms with Crippen molar-refractivity contribution >= 4 is 11.0 Å². The summed E-state index contributed by atoms with van der Waals surface area (Å²) in [6, 6.07) is 9.16. The van der Waals surface area contributed by atoms with Crippen LogP contribution in [0.2, 0.25) is 0 Å². The van der Waals surface area contributed by atoms with Crippen LogP contribution >= 0.6 is 0 Å². The molecule has 1 N–H and O–H groups in total. The summed E-state index contributed by atoms with van der Waals surface area (Å²) in [6.07, 6.45) is 0. The summed E-state index contributed by atoms with van der Waals surface area (Å²) in [5, 5.41) is 3.53. The van der Waals surface area contributed by atoms with E-state index in [9.17, 15) is 0 Å². The molecule has 0 bridgehead atoms. The van der Waals surface area contributed by atoms with Gasteiger partial charge in [-0.15, -0.1) is 0 Å². The molecular formula is C16H23N3O. The summed E-state index contributed by atoms with van der Waals surface area (Å²) in [5.74, 6) is 1.49. The minimum absolute atomic E-state index is 0.338. The molecule has 1 saturated heterocycles. The third kappa shape index (κ3) is 2.23. The van der Waals surface area contributed by atoms with Crippen LogP contribution in [-0.4, -0.2) is 35.4 Å².